The van der Waals surface area contributed by atoms with Gasteiger partial charge in [-0.05, 0) is 43.9 Å². The summed E-state index contributed by atoms with van der Waals surface area (Å²) in [5, 5.41) is 9.15. The molecule has 0 N–H and O–H groups in total. The molecule has 0 radical (unpaired) electrons. The van der Waals surface area contributed by atoms with Gasteiger partial charge in [-0.3, -0.25) is 0 Å². The van der Waals surface area contributed by atoms with E-state index in [9.17, 15) is 0 Å². The van der Waals surface area contributed by atoms with Gasteiger partial charge in [0.2, 0.25) is 0 Å². The van der Waals surface area contributed by atoms with Gasteiger partial charge in [-0.15, -0.1) is 0 Å². The lowest BCUT2D eigenvalue weighted by molar-refractivity contribution is -0.0748. The molecule has 1 heterocycles. The lowest BCUT2D eigenvalue weighted by atomic mass is 9.83. The summed E-state index contributed by atoms with van der Waals surface area (Å²) in [5.74, 6) is 0.647. The van der Waals surface area contributed by atoms with Crippen molar-refractivity contribution in [3.05, 3.63) is 28.2 Å². The number of rotatable bonds is 3. The fraction of sp³-hybridized carbons (Fsp3) is 0.588. The zero-order valence-electron chi connectivity index (χ0n) is 12.1. The zero-order chi connectivity index (χ0) is 14.7. The summed E-state index contributed by atoms with van der Waals surface area (Å²) in [7, 11) is 0. The van der Waals surface area contributed by atoms with Gasteiger partial charge >= 0.3 is 0 Å². The normalized spacial score (nSPS) is 23.9. The Balaban J connectivity index is 1.58. The van der Waals surface area contributed by atoms with Crippen molar-refractivity contribution < 1.29 is 9.47 Å². The molecule has 1 aromatic rings. The first-order chi connectivity index (χ1) is 10.2. The first-order valence-corrected chi connectivity index (χ1v) is 8.50. The summed E-state index contributed by atoms with van der Waals surface area (Å²) in [6.45, 7) is 0.540. The number of hydrogen-bond acceptors (Lipinski definition) is 3. The minimum Gasteiger partial charge on any atom is -0.489 e. The maximum atomic E-state index is 9.15. The largest absolute Gasteiger partial charge is 0.489 e. The monoisotopic (exact) mass is 349 g/mol. The minimum absolute atomic E-state index is 0.129. The van der Waals surface area contributed by atoms with Crippen molar-refractivity contribution in [2.45, 2.75) is 56.7 Å². The predicted octanol–water partition coefficient (Wildman–Crippen LogP) is 4.58. The Bertz CT molecular complexity index is 546. The zero-order valence-corrected chi connectivity index (χ0v) is 13.7. The van der Waals surface area contributed by atoms with Gasteiger partial charge in [-0.1, -0.05) is 35.2 Å². The summed E-state index contributed by atoms with van der Waals surface area (Å²) in [5.41, 5.74) is 0.694. The van der Waals surface area contributed by atoms with E-state index in [1.165, 1.54) is 32.1 Å². The van der Waals surface area contributed by atoms with Crippen LogP contribution in [0.3, 0.4) is 0 Å². The van der Waals surface area contributed by atoms with E-state index >= 15 is 0 Å². The Morgan fingerprint density at radius 1 is 1.29 bits per heavy atom. The Morgan fingerprint density at radius 3 is 2.86 bits per heavy atom. The van der Waals surface area contributed by atoms with Crippen LogP contribution in [0.2, 0.25) is 0 Å². The first-order valence-electron chi connectivity index (χ1n) is 7.71. The van der Waals surface area contributed by atoms with Crippen LogP contribution in [-0.4, -0.2) is 18.3 Å². The molecule has 1 atom stereocenters. The molecule has 0 aromatic heterocycles. The molecular weight excluding hydrogens is 330 g/mol. The van der Waals surface area contributed by atoms with Crippen molar-refractivity contribution in [3.8, 4) is 11.8 Å². The molecule has 1 spiro atoms. The smallest absolute Gasteiger partial charge is 0.137 e. The van der Waals surface area contributed by atoms with Crippen molar-refractivity contribution in [1.82, 2.24) is 0 Å². The third-order valence-electron chi connectivity index (χ3n) is 4.59. The van der Waals surface area contributed by atoms with Gasteiger partial charge in [0, 0.05) is 4.47 Å². The minimum atomic E-state index is 0.129. The highest BCUT2D eigenvalue weighted by atomic mass is 79.9. The predicted molar refractivity (Wildman–Crippen MR) is 84.3 cm³/mol. The Morgan fingerprint density at radius 2 is 2.10 bits per heavy atom. The van der Waals surface area contributed by atoms with Crippen molar-refractivity contribution in [2.24, 2.45) is 0 Å². The van der Waals surface area contributed by atoms with E-state index in [4.69, 9.17) is 14.7 Å². The molecule has 0 amide bonds. The average molecular weight is 350 g/mol. The molecular formula is C17H20BrNO2. The molecule has 3 nitrogen and oxygen atoms in total. The molecule has 3 rings (SSSR count). The molecule has 2 aliphatic rings. The van der Waals surface area contributed by atoms with Gasteiger partial charge < -0.3 is 9.47 Å². The molecule has 1 saturated carbocycles. The van der Waals surface area contributed by atoms with E-state index in [2.05, 4.69) is 22.0 Å². The number of halogens is 1. The third-order valence-corrected chi connectivity index (χ3v) is 5.08. The summed E-state index contributed by atoms with van der Waals surface area (Å²) >= 11 is 3.37. The topological polar surface area (TPSA) is 42.2 Å². The molecule has 1 unspecified atom stereocenters. The second-order valence-corrected chi connectivity index (χ2v) is 7.00. The van der Waals surface area contributed by atoms with Crippen LogP contribution < -0.4 is 4.74 Å². The van der Waals surface area contributed by atoms with E-state index in [0.29, 0.717) is 17.9 Å². The van der Waals surface area contributed by atoms with Crippen molar-refractivity contribution >= 4 is 15.9 Å². The van der Waals surface area contributed by atoms with Crippen LogP contribution in [0.1, 0.15) is 50.5 Å². The number of ether oxygens (including phenoxy) is 2. The summed E-state index contributed by atoms with van der Waals surface area (Å²) in [6.07, 6.45) is 8.72. The van der Waals surface area contributed by atoms with Gasteiger partial charge in [-0.25, -0.2) is 0 Å². The van der Waals surface area contributed by atoms with Crippen molar-refractivity contribution in [2.75, 3.05) is 6.61 Å². The average Bonchev–Trinajstić information content (AvgIpc) is 2.89. The summed E-state index contributed by atoms with van der Waals surface area (Å²) in [4.78, 5) is 0. The molecule has 2 fully saturated rings. The Kier molecular flexibility index (Phi) is 4.51. The molecule has 4 heteroatoms. The first kappa shape index (κ1) is 14.9. The second-order valence-electron chi connectivity index (χ2n) is 6.09. The lowest BCUT2D eigenvalue weighted by Crippen LogP contribution is -2.32. The van der Waals surface area contributed by atoms with Crippen molar-refractivity contribution in [1.29, 1.82) is 5.26 Å². The van der Waals surface area contributed by atoms with E-state index < -0.39 is 0 Å². The van der Waals surface area contributed by atoms with Crippen LogP contribution >= 0.6 is 15.9 Å². The van der Waals surface area contributed by atoms with E-state index in [1.54, 1.807) is 6.07 Å². The summed E-state index contributed by atoms with van der Waals surface area (Å²) in [6, 6.07) is 7.70. The van der Waals surface area contributed by atoms with Crippen LogP contribution in [0.25, 0.3) is 0 Å². The maximum Gasteiger partial charge on any atom is 0.137 e. The van der Waals surface area contributed by atoms with Crippen LogP contribution in [0.4, 0.5) is 0 Å². The summed E-state index contributed by atoms with van der Waals surface area (Å²) < 4.78 is 13.0. The highest BCUT2D eigenvalue weighted by Crippen LogP contribution is 2.42. The van der Waals surface area contributed by atoms with E-state index in [1.807, 2.05) is 12.1 Å². The third kappa shape index (κ3) is 3.41. The Labute approximate surface area is 134 Å². The molecule has 21 heavy (non-hydrogen) atoms. The number of nitriles is 1. The fourth-order valence-electron chi connectivity index (χ4n) is 3.47. The molecule has 112 valence electrons. The lowest BCUT2D eigenvalue weighted by Gasteiger charge is -2.33. The number of nitrogens with zero attached hydrogens (tertiary/aromatic N) is 1. The van der Waals surface area contributed by atoms with Gasteiger partial charge in [0.1, 0.15) is 18.4 Å². The Hall–Kier alpha value is -1.05. The van der Waals surface area contributed by atoms with Gasteiger partial charge in [0.25, 0.3) is 0 Å². The van der Waals surface area contributed by atoms with Crippen molar-refractivity contribution in [3.63, 3.8) is 0 Å². The highest BCUT2D eigenvalue weighted by molar-refractivity contribution is 9.10. The second kappa shape index (κ2) is 6.37. The molecule has 1 aliphatic carbocycles. The number of hydrogen-bond donors (Lipinski definition) is 0. The number of benzene rings is 1. The van der Waals surface area contributed by atoms with Crippen LogP contribution in [0, 0.1) is 11.3 Å². The SMILES string of the molecule is N#Cc1cc(Br)ccc1OCC1CCC2(CCCCC2)O1. The fourth-order valence-corrected chi connectivity index (χ4v) is 3.84. The van der Waals surface area contributed by atoms with Gasteiger partial charge in [-0.2, -0.15) is 5.26 Å². The quantitative estimate of drug-likeness (QED) is 0.801. The highest BCUT2D eigenvalue weighted by Gasteiger charge is 2.40. The van der Waals surface area contributed by atoms with Crippen LogP contribution in [0.5, 0.6) is 5.75 Å². The van der Waals surface area contributed by atoms with Crippen LogP contribution in [0.15, 0.2) is 22.7 Å². The van der Waals surface area contributed by atoms with Gasteiger partial charge in [0.15, 0.2) is 0 Å². The maximum absolute atomic E-state index is 9.15. The standard InChI is InChI=1S/C17H20BrNO2/c18-14-4-5-16(13(10-14)11-19)20-12-15-6-9-17(21-15)7-2-1-3-8-17/h4-5,10,15H,1-3,6-9,12H2. The van der Waals surface area contributed by atoms with Gasteiger partial charge in [0.05, 0.1) is 17.3 Å². The molecule has 0 bridgehead atoms. The van der Waals surface area contributed by atoms with E-state index in [0.717, 1.165) is 17.3 Å². The van der Waals surface area contributed by atoms with Crippen LogP contribution in [-0.2, 0) is 4.74 Å². The molecule has 1 aliphatic heterocycles. The molecule has 1 aromatic carbocycles. The van der Waals surface area contributed by atoms with E-state index in [-0.39, 0.29) is 11.7 Å². The molecule has 1 saturated heterocycles.